The average Bonchev–Trinajstić information content (AvgIpc) is 3.25. The molecule has 0 bridgehead atoms. The van der Waals surface area contributed by atoms with E-state index in [1.807, 2.05) is 49.4 Å². The highest BCUT2D eigenvalue weighted by Crippen LogP contribution is 2.43. The largest absolute Gasteiger partial charge is 0.507 e. The van der Waals surface area contributed by atoms with Crippen molar-refractivity contribution in [3.63, 3.8) is 0 Å². The molecule has 42 heavy (non-hydrogen) atoms. The van der Waals surface area contributed by atoms with Crippen molar-refractivity contribution < 1.29 is 33.6 Å². The molecule has 2 aliphatic heterocycles. The van der Waals surface area contributed by atoms with Gasteiger partial charge in [-0.25, -0.2) is 0 Å². The minimum atomic E-state index is -0.828. The molecule has 0 spiro atoms. The molecule has 5 rings (SSSR count). The van der Waals surface area contributed by atoms with Crippen LogP contribution < -0.4 is 18.9 Å². The Bertz CT molecular complexity index is 1460. The zero-order valence-corrected chi connectivity index (χ0v) is 24.3. The van der Waals surface area contributed by atoms with E-state index in [0.29, 0.717) is 72.9 Å². The molecule has 1 fully saturated rings. The van der Waals surface area contributed by atoms with Crippen LogP contribution in [0.3, 0.4) is 0 Å². The van der Waals surface area contributed by atoms with Crippen molar-refractivity contribution in [2.45, 2.75) is 39.7 Å². The molecule has 0 aromatic heterocycles. The molecule has 3 aromatic rings. The van der Waals surface area contributed by atoms with Crippen LogP contribution in [0.1, 0.15) is 49.9 Å². The number of aliphatic hydroxyl groups is 1. The summed E-state index contributed by atoms with van der Waals surface area (Å²) in [5.74, 6) is 0.966. The van der Waals surface area contributed by atoms with Gasteiger partial charge in [-0.1, -0.05) is 50.2 Å². The second-order valence-corrected chi connectivity index (χ2v) is 10.8. The van der Waals surface area contributed by atoms with E-state index in [4.69, 9.17) is 18.9 Å². The van der Waals surface area contributed by atoms with Crippen LogP contribution in [-0.2, 0) is 16.0 Å². The first-order valence-electron chi connectivity index (χ1n) is 14.5. The molecule has 2 heterocycles. The minimum absolute atomic E-state index is 0.0145. The van der Waals surface area contributed by atoms with E-state index in [1.54, 1.807) is 24.3 Å². The number of amides is 1. The van der Waals surface area contributed by atoms with Crippen molar-refractivity contribution in [2.75, 3.05) is 33.0 Å². The third-order valence-electron chi connectivity index (χ3n) is 7.38. The van der Waals surface area contributed by atoms with E-state index in [-0.39, 0.29) is 17.9 Å². The maximum absolute atomic E-state index is 13.6. The summed E-state index contributed by atoms with van der Waals surface area (Å²) in [6.45, 7) is 8.21. The summed E-state index contributed by atoms with van der Waals surface area (Å²) >= 11 is 0. The molecular weight excluding hydrogens is 534 g/mol. The number of rotatable bonds is 11. The second-order valence-electron chi connectivity index (χ2n) is 10.8. The van der Waals surface area contributed by atoms with E-state index in [0.717, 1.165) is 12.0 Å². The number of likely N-dealkylation sites (tertiary alicyclic amines) is 1. The lowest BCUT2D eigenvalue weighted by molar-refractivity contribution is -0.139. The smallest absolute Gasteiger partial charge is 0.295 e. The Labute approximate surface area is 246 Å². The highest BCUT2D eigenvalue weighted by atomic mass is 16.6. The summed E-state index contributed by atoms with van der Waals surface area (Å²) in [5, 5.41) is 11.6. The van der Waals surface area contributed by atoms with Gasteiger partial charge in [-0.2, -0.15) is 0 Å². The normalized spacial score (nSPS) is 17.5. The van der Waals surface area contributed by atoms with E-state index >= 15 is 0 Å². The first-order chi connectivity index (χ1) is 20.4. The van der Waals surface area contributed by atoms with Crippen molar-refractivity contribution in [3.05, 3.63) is 89.0 Å². The van der Waals surface area contributed by atoms with Gasteiger partial charge >= 0.3 is 0 Å². The van der Waals surface area contributed by atoms with Gasteiger partial charge in [0.1, 0.15) is 19.0 Å². The van der Waals surface area contributed by atoms with Crippen LogP contribution >= 0.6 is 0 Å². The lowest BCUT2D eigenvalue weighted by Crippen LogP contribution is -2.31. The number of carbonyl (C=O) groups is 2. The van der Waals surface area contributed by atoms with Gasteiger partial charge < -0.3 is 29.0 Å². The molecule has 1 amide bonds. The summed E-state index contributed by atoms with van der Waals surface area (Å²) in [4.78, 5) is 28.6. The molecule has 0 radical (unpaired) electrons. The molecule has 0 unspecified atom stereocenters. The number of aliphatic hydroxyl groups excluding tert-OH is 1. The lowest BCUT2D eigenvalue weighted by atomic mass is 9.94. The van der Waals surface area contributed by atoms with E-state index in [2.05, 4.69) is 13.8 Å². The topological polar surface area (TPSA) is 94.5 Å². The predicted molar refractivity (Wildman–Crippen MR) is 159 cm³/mol. The number of ether oxygens (including phenoxy) is 4. The number of carbonyl (C=O) groups excluding carboxylic acids is 2. The Balaban J connectivity index is 1.57. The van der Waals surface area contributed by atoms with Crippen LogP contribution in [-0.4, -0.2) is 54.7 Å². The third kappa shape index (κ3) is 6.22. The molecule has 1 N–H and O–H groups in total. The Morgan fingerprint density at radius 2 is 1.71 bits per heavy atom. The van der Waals surface area contributed by atoms with Gasteiger partial charge in [0, 0.05) is 12.1 Å². The fraction of sp³-hybridized carbons (Fsp3) is 0.353. The first kappa shape index (κ1) is 29.0. The van der Waals surface area contributed by atoms with Crippen LogP contribution in [0, 0.1) is 5.92 Å². The number of ketones is 1. The van der Waals surface area contributed by atoms with Gasteiger partial charge in [-0.15, -0.1) is 0 Å². The van der Waals surface area contributed by atoms with Crippen LogP contribution in [0.25, 0.3) is 5.76 Å². The van der Waals surface area contributed by atoms with Gasteiger partial charge in [0.2, 0.25) is 0 Å². The number of hydrogen-bond donors (Lipinski definition) is 1. The van der Waals surface area contributed by atoms with Gasteiger partial charge in [-0.05, 0) is 67.1 Å². The standard InChI is InChI=1S/C34H37NO7/c1-4-39-28-20-24(10-12-26(28)40-17-15-22(2)3)31-30(32(36)25-11-13-27-29(21-25)42-19-18-41-27)33(37)34(38)35(31)16-14-23-8-6-5-7-9-23/h5-13,20-22,31,36H,4,14-19H2,1-3H3/t31-/m0/s1. The maximum atomic E-state index is 13.6. The molecule has 2 aliphatic rings. The third-order valence-corrected chi connectivity index (χ3v) is 7.38. The average molecular weight is 572 g/mol. The van der Waals surface area contributed by atoms with E-state index in [9.17, 15) is 14.7 Å². The summed E-state index contributed by atoms with van der Waals surface area (Å²) in [7, 11) is 0. The molecule has 0 saturated carbocycles. The quantitative estimate of drug-likeness (QED) is 0.173. The van der Waals surface area contributed by atoms with Gasteiger partial charge in [0.05, 0.1) is 24.8 Å². The lowest BCUT2D eigenvalue weighted by Gasteiger charge is -2.26. The highest BCUT2D eigenvalue weighted by molar-refractivity contribution is 6.46. The summed E-state index contributed by atoms with van der Waals surface area (Å²) in [6, 6.07) is 19.4. The van der Waals surface area contributed by atoms with Gasteiger partial charge in [0.15, 0.2) is 23.0 Å². The van der Waals surface area contributed by atoms with Crippen molar-refractivity contribution >= 4 is 17.4 Å². The Morgan fingerprint density at radius 3 is 2.45 bits per heavy atom. The van der Waals surface area contributed by atoms with Crippen LogP contribution in [0.15, 0.2) is 72.3 Å². The highest BCUT2D eigenvalue weighted by Gasteiger charge is 2.46. The van der Waals surface area contributed by atoms with E-state index < -0.39 is 17.7 Å². The monoisotopic (exact) mass is 571 g/mol. The predicted octanol–water partition coefficient (Wildman–Crippen LogP) is 5.95. The molecule has 8 nitrogen and oxygen atoms in total. The SMILES string of the molecule is CCOc1cc([C@H]2C(=C(O)c3ccc4c(c3)OCCO4)C(=O)C(=O)N2CCc2ccccc2)ccc1OCCC(C)C. The molecule has 0 aliphatic carbocycles. The molecule has 3 aromatic carbocycles. The van der Waals surface area contributed by atoms with Crippen LogP contribution in [0.4, 0.5) is 0 Å². The Hall–Kier alpha value is -4.46. The maximum Gasteiger partial charge on any atom is 0.295 e. The van der Waals surface area contributed by atoms with Crippen LogP contribution in [0.2, 0.25) is 0 Å². The molecule has 8 heteroatoms. The molecule has 220 valence electrons. The number of hydrogen-bond acceptors (Lipinski definition) is 7. The van der Waals surface area contributed by atoms with Crippen molar-refractivity contribution in [2.24, 2.45) is 5.92 Å². The number of fused-ring (bicyclic) bond motifs is 1. The van der Waals surface area contributed by atoms with Crippen molar-refractivity contribution in [1.29, 1.82) is 0 Å². The fourth-order valence-corrected chi connectivity index (χ4v) is 5.18. The number of Topliss-reactive ketones (excluding diaryl/α,β-unsaturated/α-hetero) is 1. The number of nitrogens with zero attached hydrogens (tertiary/aromatic N) is 1. The Morgan fingerprint density at radius 1 is 0.952 bits per heavy atom. The van der Waals surface area contributed by atoms with Gasteiger partial charge in [-0.3, -0.25) is 9.59 Å². The van der Waals surface area contributed by atoms with Crippen molar-refractivity contribution in [3.8, 4) is 23.0 Å². The first-order valence-corrected chi connectivity index (χ1v) is 14.5. The minimum Gasteiger partial charge on any atom is -0.507 e. The van der Waals surface area contributed by atoms with Crippen molar-refractivity contribution in [1.82, 2.24) is 4.90 Å². The van der Waals surface area contributed by atoms with E-state index in [1.165, 1.54) is 4.90 Å². The zero-order valence-electron chi connectivity index (χ0n) is 24.3. The molecule has 1 saturated heterocycles. The summed E-state index contributed by atoms with van der Waals surface area (Å²) in [6.07, 6.45) is 1.44. The zero-order chi connectivity index (χ0) is 29.6. The summed E-state index contributed by atoms with van der Waals surface area (Å²) in [5.41, 5.74) is 2.06. The van der Waals surface area contributed by atoms with Crippen LogP contribution in [0.5, 0.6) is 23.0 Å². The second kappa shape index (κ2) is 13.0. The van der Waals surface area contributed by atoms with Gasteiger partial charge in [0.25, 0.3) is 11.7 Å². The number of benzene rings is 3. The Kier molecular flexibility index (Phi) is 9.00. The summed E-state index contributed by atoms with van der Waals surface area (Å²) < 4.78 is 23.3. The molecular formula is C34H37NO7. The fourth-order valence-electron chi connectivity index (χ4n) is 5.18. The molecule has 1 atom stereocenters.